The van der Waals surface area contributed by atoms with Crippen molar-refractivity contribution >= 4 is 82.5 Å². The molecule has 10 aromatic rings. The van der Waals surface area contributed by atoms with Crippen molar-refractivity contribution in [2.75, 3.05) is 4.90 Å². The molecule has 47 heavy (non-hydrogen) atoms. The van der Waals surface area contributed by atoms with Gasteiger partial charge in [0.1, 0.15) is 11.2 Å². The van der Waals surface area contributed by atoms with E-state index in [1.54, 1.807) is 0 Å². The zero-order valence-electron chi connectivity index (χ0n) is 25.4. The Morgan fingerprint density at radius 1 is 0.362 bits per heavy atom. The maximum atomic E-state index is 6.87. The molecule has 2 aromatic heterocycles. The van der Waals surface area contributed by atoms with Crippen LogP contribution in [0.5, 0.6) is 0 Å². The van der Waals surface area contributed by atoms with Crippen LogP contribution in [0, 0.1) is 0 Å². The molecule has 220 valence electrons. The largest absolute Gasteiger partial charge is 0.454 e. The average Bonchev–Trinajstić information content (AvgIpc) is 3.71. The van der Waals surface area contributed by atoms with E-state index < -0.39 is 0 Å². The van der Waals surface area contributed by atoms with Crippen LogP contribution in [-0.4, -0.2) is 0 Å². The molecule has 10 rings (SSSR count). The molecule has 0 unspecified atom stereocenters. The summed E-state index contributed by atoms with van der Waals surface area (Å²) in [5.41, 5.74) is 8.54. The second-order valence-electron chi connectivity index (χ2n) is 12.1. The van der Waals surface area contributed by atoms with Gasteiger partial charge >= 0.3 is 0 Å². The number of benzene rings is 8. The Kier molecular flexibility index (Phi) is 5.57. The first-order valence-corrected chi connectivity index (χ1v) is 15.9. The molecule has 0 amide bonds. The zero-order valence-corrected chi connectivity index (χ0v) is 25.4. The Bertz CT molecular complexity index is 2810. The molecular formula is C44H27NO2. The van der Waals surface area contributed by atoms with Crippen molar-refractivity contribution in [3.05, 3.63) is 164 Å². The molecule has 0 atom stereocenters. The quantitative estimate of drug-likeness (QED) is 0.188. The molecule has 0 saturated heterocycles. The van der Waals surface area contributed by atoms with E-state index in [4.69, 9.17) is 8.83 Å². The van der Waals surface area contributed by atoms with Crippen LogP contribution >= 0.6 is 0 Å². The van der Waals surface area contributed by atoms with Gasteiger partial charge in [0.05, 0.1) is 17.1 Å². The van der Waals surface area contributed by atoms with Crippen LogP contribution in [-0.2, 0) is 0 Å². The zero-order chi connectivity index (χ0) is 30.9. The first-order valence-electron chi connectivity index (χ1n) is 15.9. The molecule has 3 heteroatoms. The van der Waals surface area contributed by atoms with E-state index in [2.05, 4.69) is 150 Å². The van der Waals surface area contributed by atoms with Gasteiger partial charge in [0.25, 0.3) is 0 Å². The highest BCUT2D eigenvalue weighted by Crippen LogP contribution is 2.51. The van der Waals surface area contributed by atoms with Crippen LogP contribution in [0.1, 0.15) is 0 Å². The summed E-state index contributed by atoms with van der Waals surface area (Å²) in [6, 6.07) is 57.7. The second kappa shape index (κ2) is 10.1. The first kappa shape index (κ1) is 26.0. The maximum absolute atomic E-state index is 6.87. The Morgan fingerprint density at radius 2 is 0.936 bits per heavy atom. The van der Waals surface area contributed by atoms with Gasteiger partial charge in [0.15, 0.2) is 11.2 Å². The summed E-state index contributed by atoms with van der Waals surface area (Å²) in [6.45, 7) is 0. The normalized spacial score (nSPS) is 11.8. The summed E-state index contributed by atoms with van der Waals surface area (Å²) in [7, 11) is 0. The molecule has 0 fully saturated rings. The number of para-hydroxylation sites is 3. The highest BCUT2D eigenvalue weighted by molar-refractivity contribution is 6.20. The fraction of sp³-hybridized carbons (Fsp3) is 0. The van der Waals surface area contributed by atoms with Gasteiger partial charge in [-0.15, -0.1) is 0 Å². The third-order valence-corrected chi connectivity index (χ3v) is 9.44. The van der Waals surface area contributed by atoms with Gasteiger partial charge in [-0.3, -0.25) is 0 Å². The summed E-state index contributed by atoms with van der Waals surface area (Å²) in [5.74, 6) is 0. The molecule has 2 heterocycles. The Labute approximate surface area is 270 Å². The molecule has 0 N–H and O–H groups in total. The number of furan rings is 2. The number of anilines is 3. The first-order chi connectivity index (χ1) is 23.3. The van der Waals surface area contributed by atoms with E-state index >= 15 is 0 Å². The maximum Gasteiger partial charge on any atom is 0.160 e. The molecule has 0 bridgehead atoms. The van der Waals surface area contributed by atoms with Crippen LogP contribution < -0.4 is 4.90 Å². The third kappa shape index (κ3) is 3.87. The molecule has 0 spiro atoms. The molecule has 0 saturated carbocycles. The lowest BCUT2D eigenvalue weighted by Crippen LogP contribution is -2.12. The molecular weight excluding hydrogens is 574 g/mol. The monoisotopic (exact) mass is 601 g/mol. The number of nitrogens with zero attached hydrogens (tertiary/aromatic N) is 1. The van der Waals surface area contributed by atoms with Crippen LogP contribution in [0.2, 0.25) is 0 Å². The minimum Gasteiger partial charge on any atom is -0.454 e. The van der Waals surface area contributed by atoms with E-state index in [9.17, 15) is 0 Å². The Balaban J connectivity index is 1.43. The number of hydrogen-bond donors (Lipinski definition) is 0. The van der Waals surface area contributed by atoms with Gasteiger partial charge in [0.2, 0.25) is 0 Å². The van der Waals surface area contributed by atoms with E-state index in [-0.39, 0.29) is 0 Å². The fourth-order valence-electron chi connectivity index (χ4n) is 7.35. The van der Waals surface area contributed by atoms with Crippen LogP contribution in [0.25, 0.3) is 76.5 Å². The second-order valence-corrected chi connectivity index (χ2v) is 12.1. The molecule has 0 aliphatic heterocycles. The highest BCUT2D eigenvalue weighted by atomic mass is 16.3. The third-order valence-electron chi connectivity index (χ3n) is 9.44. The Hall–Kier alpha value is -6.32. The Morgan fingerprint density at radius 3 is 1.70 bits per heavy atom. The van der Waals surface area contributed by atoms with Crippen LogP contribution in [0.3, 0.4) is 0 Å². The summed E-state index contributed by atoms with van der Waals surface area (Å²) in [4.78, 5) is 2.38. The van der Waals surface area contributed by atoms with Crippen molar-refractivity contribution in [3.63, 3.8) is 0 Å². The smallest absolute Gasteiger partial charge is 0.160 e. The summed E-state index contributed by atoms with van der Waals surface area (Å²) in [6.07, 6.45) is 0. The summed E-state index contributed by atoms with van der Waals surface area (Å²) < 4.78 is 13.6. The van der Waals surface area contributed by atoms with Crippen molar-refractivity contribution in [2.45, 2.75) is 0 Å². The molecule has 0 radical (unpaired) electrons. The minimum absolute atomic E-state index is 0.831. The predicted molar refractivity (Wildman–Crippen MR) is 196 cm³/mol. The summed E-state index contributed by atoms with van der Waals surface area (Å²) in [5, 5.41) is 9.06. The predicted octanol–water partition coefficient (Wildman–Crippen LogP) is 12.9. The minimum atomic E-state index is 0.831. The number of rotatable bonds is 4. The van der Waals surface area contributed by atoms with E-state index in [1.165, 1.54) is 16.2 Å². The van der Waals surface area contributed by atoms with Crippen molar-refractivity contribution in [3.8, 4) is 11.1 Å². The lowest BCUT2D eigenvalue weighted by atomic mass is 9.96. The van der Waals surface area contributed by atoms with E-state index in [0.717, 1.165) is 77.5 Å². The van der Waals surface area contributed by atoms with Crippen molar-refractivity contribution in [2.24, 2.45) is 0 Å². The SMILES string of the molecule is c1ccc(-c2ccc3c(oc4ccccc43)c2N(c2cc3ccccc3c3ccccc23)c2cccc3c2oc2ccccc23)cc1. The molecule has 8 aromatic carbocycles. The lowest BCUT2D eigenvalue weighted by Gasteiger charge is -2.29. The van der Waals surface area contributed by atoms with Gasteiger partial charge in [-0.05, 0) is 52.1 Å². The summed E-state index contributed by atoms with van der Waals surface area (Å²) >= 11 is 0. The van der Waals surface area contributed by atoms with Crippen molar-refractivity contribution in [1.29, 1.82) is 0 Å². The topological polar surface area (TPSA) is 29.5 Å². The van der Waals surface area contributed by atoms with Gasteiger partial charge in [-0.1, -0.05) is 133 Å². The molecule has 0 aliphatic rings. The van der Waals surface area contributed by atoms with E-state index in [0.29, 0.717) is 0 Å². The molecule has 0 aliphatic carbocycles. The average molecular weight is 602 g/mol. The lowest BCUT2D eigenvalue weighted by molar-refractivity contribution is 0.666. The van der Waals surface area contributed by atoms with Crippen LogP contribution in [0.15, 0.2) is 173 Å². The highest BCUT2D eigenvalue weighted by Gasteiger charge is 2.28. The number of fused-ring (bicyclic) bond motifs is 9. The fourth-order valence-corrected chi connectivity index (χ4v) is 7.35. The molecule has 3 nitrogen and oxygen atoms in total. The van der Waals surface area contributed by atoms with Gasteiger partial charge in [0, 0.05) is 32.5 Å². The van der Waals surface area contributed by atoms with E-state index in [1.807, 2.05) is 18.2 Å². The van der Waals surface area contributed by atoms with Gasteiger partial charge in [-0.25, -0.2) is 0 Å². The number of hydrogen-bond acceptors (Lipinski definition) is 3. The van der Waals surface area contributed by atoms with Crippen LogP contribution in [0.4, 0.5) is 17.1 Å². The van der Waals surface area contributed by atoms with Crippen molar-refractivity contribution in [1.82, 2.24) is 0 Å². The van der Waals surface area contributed by atoms with Gasteiger partial charge in [-0.2, -0.15) is 0 Å². The van der Waals surface area contributed by atoms with Crippen molar-refractivity contribution < 1.29 is 8.83 Å². The van der Waals surface area contributed by atoms with Gasteiger partial charge < -0.3 is 13.7 Å². The standard InChI is InChI=1S/C44H27NO2/c1-2-13-28(14-3-1)31-25-26-37-35-20-9-11-24-41(35)47-44(37)42(31)45(38-22-12-21-36-34-19-8-10-23-40(34)46-43(36)38)39-27-29-15-4-5-16-30(29)32-17-6-7-18-33(32)39/h1-27H.